The fraction of sp³-hybridized carbons (Fsp3) is 0.367. The van der Waals surface area contributed by atoms with Crippen molar-refractivity contribution in [2.24, 2.45) is 7.05 Å². The van der Waals surface area contributed by atoms with Crippen LogP contribution in [-0.4, -0.2) is 70.8 Å². The molecule has 0 radical (unpaired) electrons. The zero-order chi connectivity index (χ0) is 29.0. The van der Waals surface area contributed by atoms with E-state index in [1.807, 2.05) is 30.3 Å². The molecule has 2 aromatic heterocycles. The highest BCUT2D eigenvalue weighted by Gasteiger charge is 2.19. The number of piperazine rings is 1. The maximum Gasteiger partial charge on any atom is 0.352 e. The van der Waals surface area contributed by atoms with Crippen LogP contribution in [0.15, 0.2) is 54.7 Å². The number of methoxy groups -OCH3 is 1. The summed E-state index contributed by atoms with van der Waals surface area (Å²) in [5.74, 6) is 1.41. The van der Waals surface area contributed by atoms with E-state index >= 15 is 0 Å². The number of hydrogen-bond donors (Lipinski definition) is 2. The van der Waals surface area contributed by atoms with Gasteiger partial charge in [-0.1, -0.05) is 39.0 Å². The number of nitrogens with zero attached hydrogens (tertiary/aromatic N) is 5. The lowest BCUT2D eigenvalue weighted by atomic mass is 9.87. The van der Waals surface area contributed by atoms with Crippen molar-refractivity contribution in [3.63, 3.8) is 0 Å². The van der Waals surface area contributed by atoms with Gasteiger partial charge in [0, 0.05) is 50.9 Å². The molecule has 10 nitrogen and oxygen atoms in total. The first-order valence-electron chi connectivity index (χ1n) is 13.2. The molecule has 0 spiro atoms. The number of aromatic nitrogens is 3. The zero-order valence-corrected chi connectivity index (χ0v) is 24.0. The Kier molecular flexibility index (Phi) is 8.49. The van der Waals surface area contributed by atoms with Crippen molar-refractivity contribution in [3.8, 4) is 17.4 Å². The second kappa shape index (κ2) is 11.8. The van der Waals surface area contributed by atoms with Crippen LogP contribution < -0.4 is 20.1 Å². The molecule has 10 heteroatoms. The molecule has 0 aliphatic carbocycles. The Balaban J connectivity index is 0.000000240. The number of benzene rings is 2. The van der Waals surface area contributed by atoms with Crippen LogP contribution in [0.3, 0.4) is 0 Å². The highest BCUT2D eigenvalue weighted by molar-refractivity contribution is 5.96. The summed E-state index contributed by atoms with van der Waals surface area (Å²) >= 11 is 0. The number of nitrogens with two attached hydrogens (primary N) is 1. The van der Waals surface area contributed by atoms with Gasteiger partial charge < -0.3 is 34.7 Å². The summed E-state index contributed by atoms with van der Waals surface area (Å²) in [7, 11) is 5.44. The fourth-order valence-corrected chi connectivity index (χ4v) is 4.53. The lowest BCUT2D eigenvalue weighted by Crippen LogP contribution is -2.45. The van der Waals surface area contributed by atoms with E-state index in [1.54, 1.807) is 37.1 Å². The van der Waals surface area contributed by atoms with E-state index in [-0.39, 0.29) is 11.1 Å². The van der Waals surface area contributed by atoms with E-state index in [0.29, 0.717) is 23.3 Å². The first-order valence-corrected chi connectivity index (χ1v) is 13.2. The number of carboxylic acids is 1. The molecule has 1 fully saturated rings. The second-order valence-corrected chi connectivity index (χ2v) is 10.9. The number of carbonyl (C=O) groups is 1. The van der Waals surface area contributed by atoms with Crippen LogP contribution in [0.2, 0.25) is 0 Å². The molecular weight excluding hydrogens is 508 g/mol. The number of anilines is 2. The minimum Gasteiger partial charge on any atom is -0.495 e. The highest BCUT2D eigenvalue weighted by Crippen LogP contribution is 2.32. The highest BCUT2D eigenvalue weighted by atomic mass is 16.5. The molecule has 212 valence electrons. The van der Waals surface area contributed by atoms with Gasteiger partial charge in [-0.25, -0.2) is 9.78 Å². The lowest BCUT2D eigenvalue weighted by molar-refractivity contribution is 0.0687. The fourth-order valence-electron chi connectivity index (χ4n) is 4.53. The number of carboxylic acid groups (broad SMARTS) is 1. The van der Waals surface area contributed by atoms with Gasteiger partial charge in [0.05, 0.1) is 18.3 Å². The van der Waals surface area contributed by atoms with Crippen molar-refractivity contribution in [1.29, 1.82) is 0 Å². The number of rotatable bonds is 5. The van der Waals surface area contributed by atoms with Gasteiger partial charge in [-0.2, -0.15) is 4.98 Å². The van der Waals surface area contributed by atoms with E-state index in [9.17, 15) is 9.90 Å². The number of ether oxygens (including phenoxy) is 2. The van der Waals surface area contributed by atoms with Crippen LogP contribution in [0.5, 0.6) is 17.4 Å². The number of para-hydroxylation sites is 1. The van der Waals surface area contributed by atoms with Gasteiger partial charge in [-0.15, -0.1) is 0 Å². The zero-order valence-electron chi connectivity index (χ0n) is 24.0. The molecule has 3 N–H and O–H groups in total. The van der Waals surface area contributed by atoms with Crippen LogP contribution in [0.1, 0.15) is 36.8 Å². The van der Waals surface area contributed by atoms with Crippen molar-refractivity contribution in [2.45, 2.75) is 26.2 Å². The van der Waals surface area contributed by atoms with Crippen molar-refractivity contribution in [1.82, 2.24) is 19.4 Å². The second-order valence-electron chi connectivity index (χ2n) is 10.9. The van der Waals surface area contributed by atoms with Crippen LogP contribution in [-0.2, 0) is 12.5 Å². The summed E-state index contributed by atoms with van der Waals surface area (Å²) in [6.45, 7) is 10.2. The topological polar surface area (TPSA) is 119 Å². The summed E-state index contributed by atoms with van der Waals surface area (Å²) in [6, 6.07) is 14.8. The largest absolute Gasteiger partial charge is 0.495 e. The van der Waals surface area contributed by atoms with Gasteiger partial charge in [0.2, 0.25) is 11.8 Å². The van der Waals surface area contributed by atoms with Crippen LogP contribution in [0.4, 0.5) is 11.6 Å². The van der Waals surface area contributed by atoms with Crippen LogP contribution in [0.25, 0.3) is 10.9 Å². The molecule has 0 atom stereocenters. The van der Waals surface area contributed by atoms with E-state index < -0.39 is 5.97 Å². The Bertz CT molecular complexity index is 1490. The van der Waals surface area contributed by atoms with Crippen molar-refractivity contribution in [2.75, 3.05) is 51.0 Å². The summed E-state index contributed by atoms with van der Waals surface area (Å²) in [6.07, 6.45) is 1.68. The summed E-state index contributed by atoms with van der Waals surface area (Å²) in [5, 5.41) is 10.2. The Labute approximate surface area is 235 Å². The number of aromatic carboxylic acids is 1. The van der Waals surface area contributed by atoms with Gasteiger partial charge >= 0.3 is 5.97 Å². The molecule has 2 aromatic carbocycles. The van der Waals surface area contributed by atoms with Gasteiger partial charge in [-0.3, -0.25) is 0 Å². The van der Waals surface area contributed by atoms with Crippen LogP contribution in [0, 0.1) is 0 Å². The molecule has 1 saturated heterocycles. The third-order valence-electron chi connectivity index (χ3n) is 6.95. The average molecular weight is 547 g/mol. The summed E-state index contributed by atoms with van der Waals surface area (Å²) in [5.41, 5.74) is 8.80. The first kappa shape index (κ1) is 28.7. The third kappa shape index (κ3) is 6.45. The van der Waals surface area contributed by atoms with Gasteiger partial charge in [0.15, 0.2) is 5.75 Å². The van der Waals surface area contributed by atoms with Crippen LogP contribution >= 0.6 is 0 Å². The Morgan fingerprint density at radius 1 is 1.00 bits per heavy atom. The molecule has 1 aliphatic rings. The minimum atomic E-state index is -0.973. The first-order chi connectivity index (χ1) is 19.0. The quantitative estimate of drug-likeness (QED) is 0.341. The smallest absolute Gasteiger partial charge is 0.352 e. The molecule has 0 saturated carbocycles. The van der Waals surface area contributed by atoms with Gasteiger partial charge in [0.25, 0.3) is 0 Å². The molecule has 0 amide bonds. The third-order valence-corrected chi connectivity index (χ3v) is 6.95. The number of aryl methyl sites for hydroxylation is 1. The van der Waals surface area contributed by atoms with E-state index in [0.717, 1.165) is 42.8 Å². The van der Waals surface area contributed by atoms with Gasteiger partial charge in [-0.05, 0) is 42.3 Å². The predicted octanol–water partition coefficient (Wildman–Crippen LogP) is 4.79. The molecule has 5 rings (SSSR count). The molecule has 40 heavy (non-hydrogen) atoms. The molecular formula is C30H38N6O4. The summed E-state index contributed by atoms with van der Waals surface area (Å²) in [4.78, 5) is 24.7. The number of likely N-dealkylation sites (N-methyl/N-ethyl adjacent to an activating group) is 1. The maximum absolute atomic E-state index is 11.4. The number of hydrogen-bond acceptors (Lipinski definition) is 8. The van der Waals surface area contributed by atoms with Crippen molar-refractivity contribution >= 4 is 28.5 Å². The monoisotopic (exact) mass is 546 g/mol. The Morgan fingerprint density at radius 3 is 2.35 bits per heavy atom. The number of fused-ring (bicyclic) bond motifs is 1. The SMILES string of the molecule is CN1CCN(c2nccc(Oc3cccc4cc(C(=O)O)n(C)c34)n2)CC1.COc1ccc(C(C)(C)C)cc1N. The molecule has 1 aliphatic heterocycles. The van der Waals surface area contributed by atoms with Crippen molar-refractivity contribution in [3.05, 3.63) is 66.0 Å². The Morgan fingerprint density at radius 2 is 1.73 bits per heavy atom. The Hall–Kier alpha value is -4.31. The molecule has 0 bridgehead atoms. The average Bonchev–Trinajstić information content (AvgIpc) is 3.27. The van der Waals surface area contributed by atoms with Crippen molar-refractivity contribution < 1.29 is 19.4 Å². The normalized spacial score (nSPS) is 14.0. The van der Waals surface area contributed by atoms with Gasteiger partial charge in [0.1, 0.15) is 11.4 Å². The minimum absolute atomic E-state index is 0.139. The molecule has 0 unspecified atom stereocenters. The van der Waals surface area contributed by atoms with E-state index in [4.69, 9.17) is 15.2 Å². The lowest BCUT2D eigenvalue weighted by Gasteiger charge is -2.32. The maximum atomic E-state index is 11.4. The summed E-state index contributed by atoms with van der Waals surface area (Å²) < 4.78 is 12.7. The van der Waals surface area contributed by atoms with E-state index in [1.165, 1.54) is 5.56 Å². The standard InChI is InChI=1S/C19H21N5O3.C11H17NO/c1-22-8-10-24(11-9-22)19-20-7-6-16(21-19)27-15-5-3-4-13-12-14(18(25)26)23(2)17(13)15;1-11(2,3)8-5-6-10(13-4)9(12)7-8/h3-7,12H,8-11H2,1-2H3,(H,25,26);5-7H,12H2,1-4H3. The number of nitrogen functional groups attached to an aromatic ring is 1. The predicted molar refractivity (Wildman–Crippen MR) is 158 cm³/mol. The molecule has 3 heterocycles. The van der Waals surface area contributed by atoms with E-state index in [2.05, 4.69) is 53.7 Å². The molecule has 4 aromatic rings.